The second-order valence-electron chi connectivity index (χ2n) is 2.09. The fourth-order valence-corrected chi connectivity index (χ4v) is 1.49. The van der Waals surface area contributed by atoms with E-state index in [2.05, 4.69) is 31.3 Å². The summed E-state index contributed by atoms with van der Waals surface area (Å²) < 4.78 is 0. The van der Waals surface area contributed by atoms with Gasteiger partial charge >= 0.3 is 0 Å². The van der Waals surface area contributed by atoms with E-state index in [1.807, 2.05) is 18.2 Å². The first kappa shape index (κ1) is 8.75. The molecule has 0 unspecified atom stereocenters. The first-order chi connectivity index (χ1) is 5.33. The van der Waals surface area contributed by atoms with Crippen LogP contribution in [0.2, 0.25) is 0 Å². The van der Waals surface area contributed by atoms with E-state index < -0.39 is 0 Å². The normalized spacial score (nSPS) is 9.55. The third kappa shape index (κ3) is 3.04. The average Bonchev–Trinajstić information content (AvgIpc) is 2.04. The van der Waals surface area contributed by atoms with Crippen molar-refractivity contribution in [3.63, 3.8) is 0 Å². The van der Waals surface area contributed by atoms with Crippen LogP contribution in [0.25, 0.3) is 0 Å². The molecule has 0 bridgehead atoms. The third-order valence-corrected chi connectivity index (χ3v) is 2.51. The van der Waals surface area contributed by atoms with Crippen LogP contribution in [0.4, 0.5) is 0 Å². The number of thioether (sulfide) groups is 1. The van der Waals surface area contributed by atoms with Crippen molar-refractivity contribution >= 4 is 24.4 Å². The molecule has 0 nitrogen and oxygen atoms in total. The van der Waals surface area contributed by atoms with E-state index in [4.69, 9.17) is 0 Å². The molecule has 11 heavy (non-hydrogen) atoms. The monoisotopic (exact) mass is 182 g/mol. The molecule has 58 valence electrons. The summed E-state index contributed by atoms with van der Waals surface area (Å²) in [4.78, 5) is 2.27. The summed E-state index contributed by atoms with van der Waals surface area (Å²) in [5.41, 5.74) is 0. The summed E-state index contributed by atoms with van der Waals surface area (Å²) in [7, 11) is 0. The minimum absolute atomic E-state index is 0.964. The minimum atomic E-state index is 0.964. The van der Waals surface area contributed by atoms with Crippen molar-refractivity contribution in [2.75, 3.05) is 5.75 Å². The van der Waals surface area contributed by atoms with Crippen molar-refractivity contribution in [3.8, 4) is 0 Å². The average molecular weight is 182 g/mol. The highest BCUT2D eigenvalue weighted by Crippen LogP contribution is 2.19. The quantitative estimate of drug-likeness (QED) is 0.425. The highest BCUT2D eigenvalue weighted by molar-refractivity contribution is 7.99. The molecule has 0 atom stereocenters. The molecule has 0 heterocycles. The Labute approximate surface area is 77.1 Å². The molecule has 0 spiro atoms. The molecule has 0 aromatic heterocycles. The summed E-state index contributed by atoms with van der Waals surface area (Å²) in [6.45, 7) is 3.66. The molecular weight excluding hydrogens is 172 g/mol. The molecule has 1 aromatic carbocycles. The summed E-state index contributed by atoms with van der Waals surface area (Å²) in [6.07, 6.45) is 1.90. The van der Waals surface area contributed by atoms with Crippen LogP contribution in [0.1, 0.15) is 0 Å². The lowest BCUT2D eigenvalue weighted by Gasteiger charge is -1.97. The molecule has 0 N–H and O–H groups in total. The lowest BCUT2D eigenvalue weighted by atomic mass is 10.4. The van der Waals surface area contributed by atoms with Gasteiger partial charge in [-0.15, -0.1) is 31.0 Å². The maximum atomic E-state index is 4.19. The van der Waals surface area contributed by atoms with Gasteiger partial charge in [-0.25, -0.2) is 0 Å². The zero-order valence-electron chi connectivity index (χ0n) is 6.16. The third-order valence-electron chi connectivity index (χ3n) is 1.20. The fourth-order valence-electron chi connectivity index (χ4n) is 0.698. The van der Waals surface area contributed by atoms with Gasteiger partial charge in [-0.1, -0.05) is 6.08 Å². The van der Waals surface area contributed by atoms with E-state index in [-0.39, 0.29) is 0 Å². The molecule has 0 amide bonds. The van der Waals surface area contributed by atoms with E-state index in [1.165, 1.54) is 4.90 Å². The van der Waals surface area contributed by atoms with Gasteiger partial charge in [0, 0.05) is 15.5 Å². The zero-order valence-corrected chi connectivity index (χ0v) is 7.87. The molecule has 0 aliphatic carbocycles. The Bertz CT molecular complexity index is 226. The molecule has 0 saturated heterocycles. The van der Waals surface area contributed by atoms with Crippen LogP contribution in [0.5, 0.6) is 0 Å². The Morgan fingerprint density at radius 3 is 2.55 bits per heavy atom. The van der Waals surface area contributed by atoms with Crippen molar-refractivity contribution < 1.29 is 0 Å². The van der Waals surface area contributed by atoms with E-state index in [1.54, 1.807) is 11.8 Å². The number of hydrogen-bond acceptors (Lipinski definition) is 2. The molecule has 0 radical (unpaired) electrons. The van der Waals surface area contributed by atoms with Gasteiger partial charge in [0.1, 0.15) is 0 Å². The van der Waals surface area contributed by atoms with Crippen LogP contribution in [-0.2, 0) is 0 Å². The Morgan fingerprint density at radius 2 is 2.00 bits per heavy atom. The second-order valence-corrected chi connectivity index (χ2v) is 3.70. The molecule has 0 aliphatic rings. The first-order valence-corrected chi connectivity index (χ1v) is 4.79. The van der Waals surface area contributed by atoms with Crippen LogP contribution in [0.3, 0.4) is 0 Å². The molecule has 1 aromatic rings. The maximum Gasteiger partial charge on any atom is 0.0158 e. The molecule has 1 rings (SSSR count). The highest BCUT2D eigenvalue weighted by atomic mass is 32.2. The van der Waals surface area contributed by atoms with Crippen LogP contribution in [0.15, 0.2) is 46.7 Å². The van der Waals surface area contributed by atoms with E-state index >= 15 is 0 Å². The molecule has 0 fully saturated rings. The summed E-state index contributed by atoms with van der Waals surface area (Å²) in [6, 6.07) is 8.12. The van der Waals surface area contributed by atoms with Crippen molar-refractivity contribution in [2.24, 2.45) is 0 Å². The summed E-state index contributed by atoms with van der Waals surface area (Å²) in [5, 5.41) is 0. The SMILES string of the molecule is C=CCSc1ccc(S)cc1. The Kier molecular flexibility index (Phi) is 3.60. The van der Waals surface area contributed by atoms with Gasteiger partial charge in [-0.2, -0.15) is 0 Å². The molecule has 0 saturated carbocycles. The van der Waals surface area contributed by atoms with Gasteiger partial charge in [0.15, 0.2) is 0 Å². The topological polar surface area (TPSA) is 0 Å². The van der Waals surface area contributed by atoms with Gasteiger partial charge < -0.3 is 0 Å². The minimum Gasteiger partial charge on any atom is -0.143 e. The highest BCUT2D eigenvalue weighted by Gasteiger charge is 1.89. The van der Waals surface area contributed by atoms with E-state index in [9.17, 15) is 0 Å². The smallest absolute Gasteiger partial charge is 0.0158 e. The molecule has 0 aliphatic heterocycles. The maximum absolute atomic E-state index is 4.19. The predicted octanol–water partition coefficient (Wildman–Crippen LogP) is 3.25. The van der Waals surface area contributed by atoms with Crippen molar-refractivity contribution in [1.29, 1.82) is 0 Å². The van der Waals surface area contributed by atoms with Gasteiger partial charge in [-0.05, 0) is 24.3 Å². The van der Waals surface area contributed by atoms with Crippen molar-refractivity contribution in [3.05, 3.63) is 36.9 Å². The lowest BCUT2D eigenvalue weighted by Crippen LogP contribution is -1.72. The Morgan fingerprint density at radius 1 is 1.36 bits per heavy atom. The van der Waals surface area contributed by atoms with Crippen LogP contribution < -0.4 is 0 Å². The Balaban J connectivity index is 2.58. The van der Waals surface area contributed by atoms with Gasteiger partial charge in [0.05, 0.1) is 0 Å². The lowest BCUT2D eigenvalue weighted by molar-refractivity contribution is 1.36. The number of rotatable bonds is 3. The standard InChI is InChI=1S/C9H10S2/c1-2-7-11-9-5-3-8(10)4-6-9/h2-6,10H,1,7H2. The van der Waals surface area contributed by atoms with Gasteiger partial charge in [-0.3, -0.25) is 0 Å². The van der Waals surface area contributed by atoms with Gasteiger partial charge in [0.2, 0.25) is 0 Å². The van der Waals surface area contributed by atoms with Crippen LogP contribution in [-0.4, -0.2) is 5.75 Å². The van der Waals surface area contributed by atoms with Crippen LogP contribution >= 0.6 is 24.4 Å². The number of benzene rings is 1. The fraction of sp³-hybridized carbons (Fsp3) is 0.111. The largest absolute Gasteiger partial charge is 0.143 e. The summed E-state index contributed by atoms with van der Waals surface area (Å²) in [5.74, 6) is 0.964. The summed E-state index contributed by atoms with van der Waals surface area (Å²) >= 11 is 5.97. The zero-order chi connectivity index (χ0) is 8.10. The second kappa shape index (κ2) is 4.52. The first-order valence-electron chi connectivity index (χ1n) is 3.35. The van der Waals surface area contributed by atoms with E-state index in [0.29, 0.717) is 0 Å². The predicted molar refractivity (Wildman–Crippen MR) is 54.6 cm³/mol. The Hall–Kier alpha value is -0.340. The number of thiol groups is 1. The molecule has 2 heteroatoms. The van der Waals surface area contributed by atoms with E-state index in [0.717, 1.165) is 10.6 Å². The number of hydrogen-bond donors (Lipinski definition) is 1. The molecular formula is C9H10S2. The van der Waals surface area contributed by atoms with Crippen molar-refractivity contribution in [1.82, 2.24) is 0 Å². The van der Waals surface area contributed by atoms with Crippen LogP contribution in [0, 0.1) is 0 Å². The van der Waals surface area contributed by atoms with Gasteiger partial charge in [0.25, 0.3) is 0 Å². The van der Waals surface area contributed by atoms with Crippen molar-refractivity contribution in [2.45, 2.75) is 9.79 Å².